The van der Waals surface area contributed by atoms with Crippen molar-refractivity contribution in [3.05, 3.63) is 0 Å². The number of ether oxygens (including phenoxy) is 1. The van der Waals surface area contributed by atoms with Gasteiger partial charge in [0.25, 0.3) is 0 Å². The largest absolute Gasteiger partial charge is 0.481 e. The first-order valence-corrected chi connectivity index (χ1v) is 9.94. The highest BCUT2D eigenvalue weighted by Crippen LogP contribution is 2.34. The molecule has 5 nitrogen and oxygen atoms in total. The lowest BCUT2D eigenvalue weighted by Crippen LogP contribution is -2.48. The van der Waals surface area contributed by atoms with Crippen molar-refractivity contribution in [3.8, 4) is 0 Å². The summed E-state index contributed by atoms with van der Waals surface area (Å²) in [5.41, 5.74) is 0.250. The molecule has 0 spiro atoms. The Hall–Kier alpha value is -0.650. The molecule has 1 aliphatic heterocycles. The second-order valence-electron chi connectivity index (χ2n) is 8.21. The van der Waals surface area contributed by atoms with Crippen LogP contribution in [0.1, 0.15) is 64.2 Å². The highest BCUT2D eigenvalue weighted by molar-refractivity contribution is 5.66. The van der Waals surface area contributed by atoms with E-state index in [-0.39, 0.29) is 11.8 Å². The molecule has 0 aromatic heterocycles. The van der Waals surface area contributed by atoms with E-state index in [1.807, 2.05) is 0 Å². The van der Waals surface area contributed by atoms with Gasteiger partial charge in [0.2, 0.25) is 0 Å². The molecule has 3 rings (SSSR count). The number of carboxylic acids is 1. The Labute approximate surface area is 146 Å². The van der Waals surface area contributed by atoms with Crippen LogP contribution in [0.3, 0.4) is 0 Å². The topological polar surface area (TPSA) is 61.8 Å². The summed E-state index contributed by atoms with van der Waals surface area (Å²) < 4.78 is 6.36. The van der Waals surface area contributed by atoms with E-state index in [1.54, 1.807) is 0 Å². The smallest absolute Gasteiger partial charge is 0.304 e. The van der Waals surface area contributed by atoms with Gasteiger partial charge in [-0.2, -0.15) is 0 Å². The monoisotopic (exact) mass is 338 g/mol. The van der Waals surface area contributed by atoms with Crippen LogP contribution in [-0.2, 0) is 9.53 Å². The van der Waals surface area contributed by atoms with Crippen LogP contribution >= 0.6 is 0 Å². The van der Waals surface area contributed by atoms with Crippen LogP contribution < -0.4 is 5.32 Å². The number of nitrogens with zero attached hydrogens (tertiary/aromatic N) is 1. The van der Waals surface area contributed by atoms with Gasteiger partial charge in [0.15, 0.2) is 0 Å². The third-order valence-electron chi connectivity index (χ3n) is 6.08. The molecular formula is C19H34N2O3. The van der Waals surface area contributed by atoms with Crippen LogP contribution in [0.15, 0.2) is 0 Å². The van der Waals surface area contributed by atoms with Crippen LogP contribution in [0.25, 0.3) is 0 Å². The van der Waals surface area contributed by atoms with E-state index >= 15 is 0 Å². The molecule has 0 atom stereocenters. The third kappa shape index (κ3) is 5.71. The molecule has 2 aliphatic carbocycles. The number of carbonyl (C=O) groups is 1. The number of likely N-dealkylation sites (tertiary alicyclic amines) is 1. The van der Waals surface area contributed by atoms with E-state index in [2.05, 4.69) is 10.2 Å². The SMILES string of the molecule is O=C(O)CCN1CCC(CNC2CC2)(COC2CCCCC2)CC1. The number of nitrogens with one attached hydrogen (secondary N) is 1. The van der Waals surface area contributed by atoms with Crippen molar-refractivity contribution >= 4 is 5.97 Å². The molecular weight excluding hydrogens is 304 g/mol. The van der Waals surface area contributed by atoms with E-state index < -0.39 is 5.97 Å². The molecule has 2 saturated carbocycles. The normalized spacial score (nSPS) is 25.7. The predicted octanol–water partition coefficient (Wildman–Crippen LogP) is 2.64. The van der Waals surface area contributed by atoms with Crippen LogP contribution in [-0.4, -0.2) is 60.9 Å². The van der Waals surface area contributed by atoms with E-state index in [9.17, 15) is 4.79 Å². The minimum atomic E-state index is -0.692. The van der Waals surface area contributed by atoms with Gasteiger partial charge in [-0.3, -0.25) is 4.79 Å². The maximum absolute atomic E-state index is 10.8. The highest BCUT2D eigenvalue weighted by atomic mass is 16.5. The quantitative estimate of drug-likeness (QED) is 0.677. The van der Waals surface area contributed by atoms with Crippen LogP contribution in [0.5, 0.6) is 0 Å². The van der Waals surface area contributed by atoms with Crippen molar-refractivity contribution in [2.45, 2.75) is 76.4 Å². The van der Waals surface area contributed by atoms with Crippen LogP contribution in [0.2, 0.25) is 0 Å². The van der Waals surface area contributed by atoms with E-state index in [1.165, 1.54) is 44.9 Å². The molecule has 5 heteroatoms. The summed E-state index contributed by atoms with van der Waals surface area (Å²) >= 11 is 0. The standard InChI is InChI=1S/C19H34N2O3/c22-18(23)8-11-21-12-9-19(10-13-21,14-20-16-6-7-16)15-24-17-4-2-1-3-5-17/h16-17,20H,1-15H2,(H,22,23). The average molecular weight is 338 g/mol. The minimum absolute atomic E-state index is 0.250. The fraction of sp³-hybridized carbons (Fsp3) is 0.947. The summed E-state index contributed by atoms with van der Waals surface area (Å²) in [6.07, 6.45) is 12.1. The Morgan fingerprint density at radius 3 is 2.46 bits per heavy atom. The van der Waals surface area contributed by atoms with Gasteiger partial charge < -0.3 is 20.1 Å². The third-order valence-corrected chi connectivity index (χ3v) is 6.08. The summed E-state index contributed by atoms with van der Waals surface area (Å²) in [6, 6.07) is 0.738. The molecule has 1 saturated heterocycles. The molecule has 138 valence electrons. The lowest BCUT2D eigenvalue weighted by atomic mass is 9.78. The van der Waals surface area contributed by atoms with Crippen molar-refractivity contribution in [2.24, 2.45) is 5.41 Å². The van der Waals surface area contributed by atoms with Crippen molar-refractivity contribution in [1.82, 2.24) is 10.2 Å². The van der Waals surface area contributed by atoms with Crippen molar-refractivity contribution in [1.29, 1.82) is 0 Å². The number of hydrogen-bond acceptors (Lipinski definition) is 4. The zero-order chi connectivity index (χ0) is 16.8. The van der Waals surface area contributed by atoms with Crippen LogP contribution in [0, 0.1) is 5.41 Å². The Balaban J connectivity index is 1.47. The first-order valence-electron chi connectivity index (χ1n) is 9.94. The molecule has 0 bridgehead atoms. The van der Waals surface area contributed by atoms with Gasteiger partial charge >= 0.3 is 5.97 Å². The van der Waals surface area contributed by atoms with Crippen LogP contribution in [0.4, 0.5) is 0 Å². The van der Waals surface area contributed by atoms with Gasteiger partial charge in [-0.1, -0.05) is 19.3 Å². The number of hydrogen-bond donors (Lipinski definition) is 2. The Bertz CT molecular complexity index is 397. The lowest BCUT2D eigenvalue weighted by molar-refractivity contribution is -0.137. The van der Waals surface area contributed by atoms with Gasteiger partial charge in [-0.15, -0.1) is 0 Å². The minimum Gasteiger partial charge on any atom is -0.481 e. The van der Waals surface area contributed by atoms with E-state index in [4.69, 9.17) is 9.84 Å². The maximum atomic E-state index is 10.8. The molecule has 24 heavy (non-hydrogen) atoms. The van der Waals surface area contributed by atoms with Gasteiger partial charge in [0, 0.05) is 24.5 Å². The maximum Gasteiger partial charge on any atom is 0.304 e. The van der Waals surface area contributed by atoms with Crippen molar-refractivity contribution < 1.29 is 14.6 Å². The Morgan fingerprint density at radius 1 is 1.12 bits per heavy atom. The summed E-state index contributed by atoms with van der Waals surface area (Å²) in [4.78, 5) is 13.1. The zero-order valence-electron chi connectivity index (χ0n) is 15.0. The molecule has 2 N–H and O–H groups in total. The molecule has 0 unspecified atom stereocenters. The summed E-state index contributed by atoms with van der Waals surface area (Å²) in [6.45, 7) is 4.65. The molecule has 0 radical (unpaired) electrons. The van der Waals surface area contributed by atoms with Crippen molar-refractivity contribution in [3.63, 3.8) is 0 Å². The lowest BCUT2D eigenvalue weighted by Gasteiger charge is -2.42. The molecule has 1 heterocycles. The Kier molecular flexibility index (Phi) is 6.53. The van der Waals surface area contributed by atoms with Crippen molar-refractivity contribution in [2.75, 3.05) is 32.8 Å². The average Bonchev–Trinajstić information content (AvgIpc) is 3.43. The van der Waals surface area contributed by atoms with Gasteiger partial charge in [0.1, 0.15) is 0 Å². The van der Waals surface area contributed by atoms with Gasteiger partial charge in [-0.05, 0) is 51.6 Å². The fourth-order valence-electron chi connectivity index (χ4n) is 4.05. The first kappa shape index (κ1) is 18.2. The summed E-state index contributed by atoms with van der Waals surface area (Å²) in [5, 5.41) is 12.6. The molecule has 3 aliphatic rings. The highest BCUT2D eigenvalue weighted by Gasteiger charge is 2.37. The predicted molar refractivity (Wildman–Crippen MR) is 94.2 cm³/mol. The zero-order valence-corrected chi connectivity index (χ0v) is 15.0. The number of piperidine rings is 1. The second-order valence-corrected chi connectivity index (χ2v) is 8.21. The van der Waals surface area contributed by atoms with Gasteiger partial charge in [-0.25, -0.2) is 0 Å². The van der Waals surface area contributed by atoms with E-state index in [0.29, 0.717) is 12.6 Å². The number of carboxylic acid groups (broad SMARTS) is 1. The molecule has 3 fully saturated rings. The number of aliphatic carboxylic acids is 1. The van der Waals surface area contributed by atoms with Gasteiger partial charge in [0.05, 0.1) is 19.1 Å². The fourth-order valence-corrected chi connectivity index (χ4v) is 4.05. The first-order chi connectivity index (χ1) is 11.7. The summed E-state index contributed by atoms with van der Waals surface area (Å²) in [5.74, 6) is -0.692. The Morgan fingerprint density at radius 2 is 1.83 bits per heavy atom. The van der Waals surface area contributed by atoms with E-state index in [0.717, 1.165) is 45.1 Å². The molecule has 0 aromatic carbocycles. The summed E-state index contributed by atoms with van der Waals surface area (Å²) in [7, 11) is 0. The molecule has 0 aromatic rings. The number of rotatable bonds is 9. The molecule has 0 amide bonds. The second kappa shape index (κ2) is 8.63.